The van der Waals surface area contributed by atoms with E-state index in [-0.39, 0.29) is 17.2 Å². The van der Waals surface area contributed by atoms with Gasteiger partial charge in [0.25, 0.3) is 5.56 Å². The lowest BCUT2D eigenvalue weighted by Gasteiger charge is -2.07. The van der Waals surface area contributed by atoms with Crippen molar-refractivity contribution >= 4 is 0 Å². The van der Waals surface area contributed by atoms with Crippen LogP contribution in [0, 0.1) is 0 Å². The minimum absolute atomic E-state index is 0.241. The molecule has 0 aliphatic carbocycles. The Kier molecular flexibility index (Phi) is 2.25. The number of nitrogens with one attached hydrogen (secondary N) is 2. The van der Waals surface area contributed by atoms with Gasteiger partial charge in [0.1, 0.15) is 0 Å². The highest BCUT2D eigenvalue weighted by Gasteiger charge is 2.19. The molecule has 0 amide bonds. The number of H-pyrrole nitrogens is 1. The summed E-state index contributed by atoms with van der Waals surface area (Å²) in [4.78, 5) is 24.9. The van der Waals surface area contributed by atoms with E-state index >= 15 is 0 Å². The van der Waals surface area contributed by atoms with Gasteiger partial charge in [-0.05, 0) is 13.0 Å². The third-order valence-corrected chi connectivity index (χ3v) is 2.64. The summed E-state index contributed by atoms with van der Waals surface area (Å²) in [5.41, 5.74) is 0.101. The van der Waals surface area contributed by atoms with Gasteiger partial charge in [0.15, 0.2) is 0 Å². The third-order valence-electron chi connectivity index (χ3n) is 2.64. The fourth-order valence-electron chi connectivity index (χ4n) is 1.79. The molecule has 2 rings (SSSR count). The Morgan fingerprint density at radius 2 is 2.29 bits per heavy atom. The molecule has 14 heavy (non-hydrogen) atoms. The lowest BCUT2D eigenvalue weighted by atomic mass is 10.0. The summed E-state index contributed by atoms with van der Waals surface area (Å²) in [6.07, 6.45) is 2.60. The standard InChI is InChI=1S/C9H13N3O2/c1-12-5-7(6-2-3-10-4-6)8(13)11-9(12)14/h5-6,10H,2-4H2,1H3,(H,11,13,14). The van der Waals surface area contributed by atoms with E-state index in [2.05, 4.69) is 10.3 Å². The molecule has 1 unspecified atom stereocenters. The molecule has 1 saturated heterocycles. The van der Waals surface area contributed by atoms with Crippen molar-refractivity contribution in [3.05, 3.63) is 32.6 Å². The van der Waals surface area contributed by atoms with Crippen molar-refractivity contribution in [2.24, 2.45) is 7.05 Å². The average Bonchev–Trinajstić information content (AvgIpc) is 2.64. The summed E-state index contributed by atoms with van der Waals surface area (Å²) in [6.45, 7) is 1.76. The number of aromatic nitrogens is 2. The van der Waals surface area contributed by atoms with E-state index in [9.17, 15) is 9.59 Å². The van der Waals surface area contributed by atoms with Crippen LogP contribution >= 0.6 is 0 Å². The topological polar surface area (TPSA) is 66.9 Å². The van der Waals surface area contributed by atoms with Crippen LogP contribution in [0.25, 0.3) is 0 Å². The summed E-state index contributed by atoms with van der Waals surface area (Å²) < 4.78 is 1.41. The van der Waals surface area contributed by atoms with Crippen LogP contribution in [-0.4, -0.2) is 22.6 Å². The van der Waals surface area contributed by atoms with Gasteiger partial charge in [0, 0.05) is 31.3 Å². The molecular formula is C9H13N3O2. The minimum atomic E-state index is -0.357. The first kappa shape index (κ1) is 9.21. The van der Waals surface area contributed by atoms with Crippen LogP contribution in [0.5, 0.6) is 0 Å². The SMILES string of the molecule is Cn1cc(C2CCNC2)c(=O)[nH]c1=O. The molecule has 1 aliphatic rings. The summed E-state index contributed by atoms with van der Waals surface area (Å²) >= 11 is 0. The molecule has 0 aromatic carbocycles. The molecule has 0 radical (unpaired) electrons. The second-order valence-corrected chi connectivity index (χ2v) is 3.64. The molecule has 0 bridgehead atoms. The Bertz CT molecular complexity index is 440. The Labute approximate surface area is 80.8 Å². The van der Waals surface area contributed by atoms with Crippen molar-refractivity contribution in [1.82, 2.24) is 14.9 Å². The average molecular weight is 195 g/mol. The first-order chi connectivity index (χ1) is 6.68. The molecule has 2 N–H and O–H groups in total. The van der Waals surface area contributed by atoms with E-state index in [1.807, 2.05) is 0 Å². The van der Waals surface area contributed by atoms with Gasteiger partial charge in [0.2, 0.25) is 0 Å². The molecule has 2 heterocycles. The predicted octanol–water partition coefficient (Wildman–Crippen LogP) is -0.849. The monoisotopic (exact) mass is 195 g/mol. The van der Waals surface area contributed by atoms with Crippen LogP contribution < -0.4 is 16.6 Å². The second-order valence-electron chi connectivity index (χ2n) is 3.64. The largest absolute Gasteiger partial charge is 0.328 e. The van der Waals surface area contributed by atoms with Crippen LogP contribution in [0.2, 0.25) is 0 Å². The van der Waals surface area contributed by atoms with Crippen molar-refractivity contribution in [1.29, 1.82) is 0 Å². The molecule has 0 spiro atoms. The van der Waals surface area contributed by atoms with Gasteiger partial charge in [-0.3, -0.25) is 9.78 Å². The number of rotatable bonds is 1. The summed E-state index contributed by atoms with van der Waals surface area (Å²) in [5, 5.41) is 3.19. The summed E-state index contributed by atoms with van der Waals surface area (Å²) in [6, 6.07) is 0. The van der Waals surface area contributed by atoms with Gasteiger partial charge >= 0.3 is 5.69 Å². The Morgan fingerprint density at radius 3 is 2.93 bits per heavy atom. The lowest BCUT2D eigenvalue weighted by Crippen LogP contribution is -2.31. The van der Waals surface area contributed by atoms with Crippen LogP contribution in [0.3, 0.4) is 0 Å². The molecule has 5 heteroatoms. The maximum atomic E-state index is 11.5. The third kappa shape index (κ3) is 1.50. The van der Waals surface area contributed by atoms with Gasteiger partial charge in [-0.2, -0.15) is 0 Å². The van der Waals surface area contributed by atoms with Crippen molar-refractivity contribution in [2.45, 2.75) is 12.3 Å². The highest BCUT2D eigenvalue weighted by atomic mass is 16.2. The Morgan fingerprint density at radius 1 is 1.50 bits per heavy atom. The summed E-state index contributed by atoms with van der Waals surface area (Å²) in [5.74, 6) is 0.241. The first-order valence-corrected chi connectivity index (χ1v) is 4.69. The molecule has 1 atom stereocenters. The molecule has 1 aromatic heterocycles. The maximum absolute atomic E-state index is 11.5. The highest BCUT2D eigenvalue weighted by Crippen LogP contribution is 2.17. The summed E-state index contributed by atoms with van der Waals surface area (Å²) in [7, 11) is 1.64. The molecule has 1 fully saturated rings. The van der Waals surface area contributed by atoms with Gasteiger partial charge in [-0.1, -0.05) is 0 Å². The maximum Gasteiger partial charge on any atom is 0.328 e. The number of hydrogen-bond acceptors (Lipinski definition) is 3. The normalized spacial score (nSPS) is 21.4. The molecule has 1 aromatic rings. The zero-order valence-corrected chi connectivity index (χ0v) is 8.04. The van der Waals surface area contributed by atoms with Crippen LogP contribution in [-0.2, 0) is 7.05 Å². The number of nitrogens with zero attached hydrogens (tertiary/aromatic N) is 1. The Hall–Kier alpha value is -1.36. The quantitative estimate of drug-likeness (QED) is 0.613. The minimum Gasteiger partial charge on any atom is -0.316 e. The molecule has 0 saturated carbocycles. The highest BCUT2D eigenvalue weighted by molar-refractivity contribution is 5.13. The van der Waals surface area contributed by atoms with Crippen LogP contribution in [0.1, 0.15) is 17.9 Å². The van der Waals surface area contributed by atoms with Crippen molar-refractivity contribution < 1.29 is 0 Å². The number of aryl methyl sites for hydroxylation is 1. The smallest absolute Gasteiger partial charge is 0.316 e. The number of hydrogen-bond donors (Lipinski definition) is 2. The number of aromatic amines is 1. The fraction of sp³-hybridized carbons (Fsp3) is 0.556. The fourth-order valence-corrected chi connectivity index (χ4v) is 1.79. The first-order valence-electron chi connectivity index (χ1n) is 4.69. The van der Waals surface area contributed by atoms with Crippen LogP contribution in [0.15, 0.2) is 15.8 Å². The van der Waals surface area contributed by atoms with E-state index in [1.54, 1.807) is 13.2 Å². The van der Waals surface area contributed by atoms with Gasteiger partial charge < -0.3 is 9.88 Å². The lowest BCUT2D eigenvalue weighted by molar-refractivity contribution is 0.702. The molecule has 76 valence electrons. The van der Waals surface area contributed by atoms with Gasteiger partial charge in [-0.25, -0.2) is 4.79 Å². The van der Waals surface area contributed by atoms with Gasteiger partial charge in [-0.15, -0.1) is 0 Å². The predicted molar refractivity (Wildman–Crippen MR) is 52.5 cm³/mol. The van der Waals surface area contributed by atoms with E-state index in [0.717, 1.165) is 19.5 Å². The second kappa shape index (κ2) is 3.42. The molecule has 5 nitrogen and oxygen atoms in total. The van der Waals surface area contributed by atoms with E-state index in [1.165, 1.54) is 4.57 Å². The van der Waals surface area contributed by atoms with E-state index in [4.69, 9.17) is 0 Å². The van der Waals surface area contributed by atoms with Crippen LogP contribution in [0.4, 0.5) is 0 Å². The van der Waals surface area contributed by atoms with Crippen molar-refractivity contribution in [2.75, 3.05) is 13.1 Å². The van der Waals surface area contributed by atoms with Crippen molar-refractivity contribution in [3.8, 4) is 0 Å². The zero-order chi connectivity index (χ0) is 10.1. The van der Waals surface area contributed by atoms with E-state index < -0.39 is 0 Å². The zero-order valence-electron chi connectivity index (χ0n) is 8.04. The Balaban J connectivity index is 2.47. The molecular weight excluding hydrogens is 182 g/mol. The van der Waals surface area contributed by atoms with Crippen molar-refractivity contribution in [3.63, 3.8) is 0 Å². The molecule has 1 aliphatic heterocycles. The van der Waals surface area contributed by atoms with E-state index in [0.29, 0.717) is 5.56 Å². The van der Waals surface area contributed by atoms with Gasteiger partial charge in [0.05, 0.1) is 0 Å².